The van der Waals surface area contributed by atoms with Crippen molar-refractivity contribution >= 4 is 23.5 Å². The van der Waals surface area contributed by atoms with Gasteiger partial charge in [-0.3, -0.25) is 14.5 Å². The lowest BCUT2D eigenvalue weighted by Gasteiger charge is -2.22. The maximum Gasteiger partial charge on any atom is 0.304 e. The van der Waals surface area contributed by atoms with Crippen LogP contribution in [-0.4, -0.2) is 47.1 Å². The van der Waals surface area contributed by atoms with E-state index in [2.05, 4.69) is 4.90 Å². The fourth-order valence-corrected chi connectivity index (χ4v) is 3.20. The monoisotopic (exact) mass is 307 g/mol. The zero-order valence-electron chi connectivity index (χ0n) is 12.2. The van der Waals surface area contributed by atoms with Gasteiger partial charge in [0.2, 0.25) is 0 Å². The lowest BCUT2D eigenvalue weighted by atomic mass is 10.1. The number of hydrogen-bond acceptors (Lipinski definition) is 4. The number of hydrogen-bond donors (Lipinski definition) is 1. The van der Waals surface area contributed by atoms with Crippen molar-refractivity contribution in [3.05, 3.63) is 29.8 Å². The Kier molecular flexibility index (Phi) is 5.82. The number of likely N-dealkylation sites (tertiary alicyclic amines) is 1. The van der Waals surface area contributed by atoms with Crippen molar-refractivity contribution in [3.63, 3.8) is 0 Å². The maximum absolute atomic E-state index is 12.2. The van der Waals surface area contributed by atoms with E-state index in [4.69, 9.17) is 5.11 Å². The second kappa shape index (κ2) is 7.61. The highest BCUT2D eigenvalue weighted by atomic mass is 32.2. The Balaban J connectivity index is 1.86. The summed E-state index contributed by atoms with van der Waals surface area (Å²) in [5, 5.41) is 8.90. The Morgan fingerprint density at radius 1 is 1.33 bits per heavy atom. The van der Waals surface area contributed by atoms with Gasteiger partial charge in [-0.2, -0.15) is 0 Å². The largest absolute Gasteiger partial charge is 0.481 e. The Hall–Kier alpha value is -1.33. The number of aliphatic carboxylic acids is 1. The third kappa shape index (κ3) is 4.58. The molecule has 0 amide bonds. The molecule has 21 heavy (non-hydrogen) atoms. The summed E-state index contributed by atoms with van der Waals surface area (Å²) in [6.45, 7) is 1.55. The summed E-state index contributed by atoms with van der Waals surface area (Å²) in [5.41, 5.74) is 0.738. The molecule has 1 aliphatic heterocycles. The van der Waals surface area contributed by atoms with E-state index in [1.54, 1.807) is 11.8 Å². The van der Waals surface area contributed by atoms with E-state index in [1.165, 1.54) is 0 Å². The molecule has 1 aliphatic rings. The molecule has 5 heteroatoms. The Labute approximate surface area is 129 Å². The van der Waals surface area contributed by atoms with Crippen molar-refractivity contribution in [3.8, 4) is 0 Å². The molecule has 1 aromatic carbocycles. The Morgan fingerprint density at radius 2 is 2.05 bits per heavy atom. The number of benzene rings is 1. The maximum atomic E-state index is 12.2. The fraction of sp³-hybridized carbons (Fsp3) is 0.500. The molecule has 2 rings (SSSR count). The average Bonchev–Trinajstić information content (AvgIpc) is 2.91. The summed E-state index contributed by atoms with van der Waals surface area (Å²) in [6.07, 6.45) is 4.58. The number of ketones is 1. The van der Waals surface area contributed by atoms with Crippen LogP contribution < -0.4 is 0 Å². The molecule has 1 unspecified atom stereocenters. The smallest absolute Gasteiger partial charge is 0.304 e. The van der Waals surface area contributed by atoms with E-state index in [0.717, 1.165) is 29.8 Å². The highest BCUT2D eigenvalue weighted by Crippen LogP contribution is 2.21. The van der Waals surface area contributed by atoms with Crippen LogP contribution in [0.4, 0.5) is 0 Å². The number of carboxylic acids is 1. The van der Waals surface area contributed by atoms with Crippen molar-refractivity contribution < 1.29 is 14.7 Å². The summed E-state index contributed by atoms with van der Waals surface area (Å²) in [6, 6.07) is 7.75. The van der Waals surface area contributed by atoms with Crippen molar-refractivity contribution in [1.29, 1.82) is 0 Å². The summed E-state index contributed by atoms with van der Waals surface area (Å²) >= 11 is 1.65. The SMILES string of the molecule is CSc1ccc(C(=O)CCN2CCCC2CC(=O)O)cc1. The normalized spacial score (nSPS) is 18.8. The minimum Gasteiger partial charge on any atom is -0.481 e. The summed E-state index contributed by atoms with van der Waals surface area (Å²) < 4.78 is 0. The van der Waals surface area contributed by atoms with Crippen LogP contribution in [0.15, 0.2) is 29.2 Å². The topological polar surface area (TPSA) is 57.6 Å². The van der Waals surface area contributed by atoms with Crippen LogP contribution in [0.1, 0.15) is 36.0 Å². The summed E-state index contributed by atoms with van der Waals surface area (Å²) in [4.78, 5) is 26.3. The number of Topliss-reactive ketones (excluding diaryl/α,β-unsaturated/α-hetero) is 1. The van der Waals surface area contributed by atoms with Gasteiger partial charge in [0.05, 0.1) is 6.42 Å². The van der Waals surface area contributed by atoms with Crippen LogP contribution in [0.5, 0.6) is 0 Å². The molecule has 0 aliphatic carbocycles. The van der Waals surface area contributed by atoms with Gasteiger partial charge >= 0.3 is 5.97 Å². The molecular weight excluding hydrogens is 286 g/mol. The standard InChI is InChI=1S/C16H21NO3S/c1-21-14-6-4-12(5-7-14)15(18)8-10-17-9-2-3-13(17)11-16(19)20/h4-7,13H,2-3,8-11H2,1H3,(H,19,20). The number of carbonyl (C=O) groups excluding carboxylic acids is 1. The molecule has 0 radical (unpaired) electrons. The minimum atomic E-state index is -0.758. The van der Waals surface area contributed by atoms with Crippen molar-refractivity contribution in [2.75, 3.05) is 19.3 Å². The summed E-state index contributed by atoms with van der Waals surface area (Å²) in [7, 11) is 0. The highest BCUT2D eigenvalue weighted by molar-refractivity contribution is 7.98. The predicted octanol–water partition coefficient (Wildman–Crippen LogP) is 2.92. The van der Waals surface area contributed by atoms with Crippen LogP contribution in [-0.2, 0) is 4.79 Å². The highest BCUT2D eigenvalue weighted by Gasteiger charge is 2.26. The molecular formula is C16H21NO3S. The lowest BCUT2D eigenvalue weighted by molar-refractivity contribution is -0.138. The minimum absolute atomic E-state index is 0.0918. The molecule has 1 N–H and O–H groups in total. The van der Waals surface area contributed by atoms with Gasteiger partial charge in [0, 0.05) is 29.5 Å². The third-order valence-electron chi connectivity index (χ3n) is 3.95. The molecule has 0 bridgehead atoms. The first kappa shape index (κ1) is 16.0. The fourth-order valence-electron chi connectivity index (χ4n) is 2.79. The zero-order valence-corrected chi connectivity index (χ0v) is 13.1. The zero-order chi connectivity index (χ0) is 15.2. The average molecular weight is 307 g/mol. The number of thioether (sulfide) groups is 1. The number of carbonyl (C=O) groups is 2. The molecule has 114 valence electrons. The lowest BCUT2D eigenvalue weighted by Crippen LogP contribution is -2.33. The van der Waals surface area contributed by atoms with E-state index in [0.29, 0.717) is 13.0 Å². The van der Waals surface area contributed by atoms with E-state index in [9.17, 15) is 9.59 Å². The Bertz CT molecular complexity index is 501. The molecule has 4 nitrogen and oxygen atoms in total. The molecule has 1 fully saturated rings. The first-order chi connectivity index (χ1) is 10.1. The van der Waals surface area contributed by atoms with Crippen LogP contribution in [0.3, 0.4) is 0 Å². The van der Waals surface area contributed by atoms with Crippen LogP contribution in [0.25, 0.3) is 0 Å². The van der Waals surface area contributed by atoms with Gasteiger partial charge in [-0.1, -0.05) is 12.1 Å². The van der Waals surface area contributed by atoms with Gasteiger partial charge in [0.15, 0.2) is 5.78 Å². The van der Waals surface area contributed by atoms with Crippen molar-refractivity contribution in [2.45, 2.75) is 36.6 Å². The van der Waals surface area contributed by atoms with Gasteiger partial charge in [-0.15, -0.1) is 11.8 Å². The second-order valence-electron chi connectivity index (χ2n) is 5.33. The van der Waals surface area contributed by atoms with E-state index >= 15 is 0 Å². The first-order valence-electron chi connectivity index (χ1n) is 7.23. The quantitative estimate of drug-likeness (QED) is 0.620. The van der Waals surface area contributed by atoms with Crippen LogP contribution in [0.2, 0.25) is 0 Å². The predicted molar refractivity (Wildman–Crippen MR) is 84.0 cm³/mol. The third-order valence-corrected chi connectivity index (χ3v) is 4.69. The molecule has 1 saturated heterocycles. The number of nitrogens with zero attached hydrogens (tertiary/aromatic N) is 1. The van der Waals surface area contributed by atoms with Gasteiger partial charge in [0.25, 0.3) is 0 Å². The van der Waals surface area contributed by atoms with Crippen molar-refractivity contribution in [1.82, 2.24) is 4.90 Å². The first-order valence-corrected chi connectivity index (χ1v) is 8.45. The molecule has 0 spiro atoms. The van der Waals surface area contributed by atoms with Crippen LogP contribution >= 0.6 is 11.8 Å². The summed E-state index contributed by atoms with van der Waals surface area (Å²) in [5.74, 6) is -0.630. The van der Waals surface area contributed by atoms with Crippen molar-refractivity contribution in [2.24, 2.45) is 0 Å². The molecule has 1 aromatic rings. The molecule has 0 aromatic heterocycles. The van der Waals surface area contributed by atoms with E-state index in [-0.39, 0.29) is 18.2 Å². The van der Waals surface area contributed by atoms with Gasteiger partial charge in [-0.05, 0) is 37.8 Å². The van der Waals surface area contributed by atoms with E-state index in [1.807, 2.05) is 30.5 Å². The molecule has 0 saturated carbocycles. The number of rotatable bonds is 7. The molecule has 1 atom stereocenters. The van der Waals surface area contributed by atoms with E-state index < -0.39 is 5.97 Å². The van der Waals surface area contributed by atoms with Gasteiger partial charge in [0.1, 0.15) is 0 Å². The van der Waals surface area contributed by atoms with Crippen LogP contribution in [0, 0.1) is 0 Å². The Morgan fingerprint density at radius 3 is 2.67 bits per heavy atom. The van der Waals surface area contributed by atoms with Gasteiger partial charge < -0.3 is 5.11 Å². The number of carboxylic acid groups (broad SMARTS) is 1. The molecule has 1 heterocycles. The second-order valence-corrected chi connectivity index (χ2v) is 6.21. The van der Waals surface area contributed by atoms with Gasteiger partial charge in [-0.25, -0.2) is 0 Å².